The lowest BCUT2D eigenvalue weighted by molar-refractivity contribution is 0.0356. The molecule has 0 aliphatic carbocycles. The van der Waals surface area contributed by atoms with Gasteiger partial charge in [-0.15, -0.1) is 0 Å². The zero-order chi connectivity index (χ0) is 15.3. The summed E-state index contributed by atoms with van der Waals surface area (Å²) in [4.78, 5) is 0. The van der Waals surface area contributed by atoms with Gasteiger partial charge in [0.15, 0.2) is 0 Å². The Bertz CT molecular complexity index is 374. The summed E-state index contributed by atoms with van der Waals surface area (Å²) in [5.41, 5.74) is 0.701. The van der Waals surface area contributed by atoms with E-state index in [0.717, 1.165) is 6.42 Å². The molecule has 0 aliphatic heterocycles. The second kappa shape index (κ2) is 11.7. The van der Waals surface area contributed by atoms with Crippen molar-refractivity contribution in [2.24, 2.45) is 0 Å². The van der Waals surface area contributed by atoms with Gasteiger partial charge in [-0.05, 0) is 31.0 Å². The van der Waals surface area contributed by atoms with Crippen molar-refractivity contribution in [3.8, 4) is 0 Å². The molecule has 0 saturated heterocycles. The Kier molecular flexibility index (Phi) is 10.0. The van der Waals surface area contributed by atoms with Crippen LogP contribution in [0.2, 0.25) is 0 Å². The maximum Gasteiger partial charge on any atom is 0.126 e. The van der Waals surface area contributed by atoms with Gasteiger partial charge in [-0.3, -0.25) is 0 Å². The van der Waals surface area contributed by atoms with Crippen LogP contribution in [0.3, 0.4) is 0 Å². The quantitative estimate of drug-likeness (QED) is 0.583. The number of halogens is 1. The second-order valence-corrected chi connectivity index (χ2v) is 5.33. The van der Waals surface area contributed by atoms with Crippen molar-refractivity contribution < 1.29 is 14.2 Å². The predicted octanol–water partition coefficient (Wildman–Crippen LogP) is 2.92. The number of aliphatic hydroxyl groups excluding tert-OH is 1. The van der Waals surface area contributed by atoms with Crippen LogP contribution in [0.5, 0.6) is 0 Å². The van der Waals surface area contributed by atoms with Crippen LogP contribution < -0.4 is 5.32 Å². The molecule has 2 N–H and O–H groups in total. The molecular weight excluding hydrogens is 269 g/mol. The van der Waals surface area contributed by atoms with Crippen LogP contribution in [0, 0.1) is 5.82 Å². The number of aliphatic hydroxyl groups is 1. The van der Waals surface area contributed by atoms with Gasteiger partial charge in [-0.1, -0.05) is 44.4 Å². The number of hydrogen-bond acceptors (Lipinski definition) is 3. The van der Waals surface area contributed by atoms with Crippen molar-refractivity contribution >= 4 is 0 Å². The van der Waals surface area contributed by atoms with Gasteiger partial charge in [0.25, 0.3) is 0 Å². The SMILES string of the molecule is CCCCCCOCC(O)CNCCc1ccccc1F. The molecule has 21 heavy (non-hydrogen) atoms. The first-order valence-electron chi connectivity index (χ1n) is 7.94. The average Bonchev–Trinajstić information content (AvgIpc) is 2.49. The van der Waals surface area contributed by atoms with Gasteiger partial charge in [0.05, 0.1) is 12.7 Å². The second-order valence-electron chi connectivity index (χ2n) is 5.33. The molecule has 0 aromatic heterocycles. The first kappa shape index (κ1) is 18.1. The molecule has 0 fully saturated rings. The lowest BCUT2D eigenvalue weighted by Gasteiger charge is -2.12. The molecule has 0 amide bonds. The highest BCUT2D eigenvalue weighted by Gasteiger charge is 2.04. The van der Waals surface area contributed by atoms with E-state index in [9.17, 15) is 9.50 Å². The van der Waals surface area contributed by atoms with Gasteiger partial charge >= 0.3 is 0 Å². The summed E-state index contributed by atoms with van der Waals surface area (Å²) in [6.07, 6.45) is 4.82. The number of ether oxygens (including phenoxy) is 1. The Morgan fingerprint density at radius 2 is 2.05 bits per heavy atom. The molecule has 0 aliphatic rings. The van der Waals surface area contributed by atoms with Crippen LogP contribution in [-0.2, 0) is 11.2 Å². The number of nitrogens with one attached hydrogen (secondary N) is 1. The fourth-order valence-electron chi connectivity index (χ4n) is 2.10. The smallest absolute Gasteiger partial charge is 0.126 e. The normalized spacial score (nSPS) is 12.5. The molecule has 120 valence electrons. The minimum absolute atomic E-state index is 0.171. The Labute approximate surface area is 127 Å². The van der Waals surface area contributed by atoms with E-state index < -0.39 is 6.10 Å². The fourth-order valence-corrected chi connectivity index (χ4v) is 2.10. The molecule has 0 heterocycles. The van der Waals surface area contributed by atoms with E-state index in [4.69, 9.17) is 4.74 Å². The van der Waals surface area contributed by atoms with Gasteiger partial charge in [0, 0.05) is 13.2 Å². The molecular formula is C17H28FNO2. The molecule has 1 aromatic carbocycles. The molecule has 0 saturated carbocycles. The molecule has 4 heteroatoms. The number of hydrogen-bond donors (Lipinski definition) is 2. The number of unbranched alkanes of at least 4 members (excludes halogenated alkanes) is 3. The Morgan fingerprint density at radius 1 is 1.24 bits per heavy atom. The maximum absolute atomic E-state index is 13.4. The van der Waals surface area contributed by atoms with E-state index >= 15 is 0 Å². The third-order valence-electron chi connectivity index (χ3n) is 3.36. The minimum atomic E-state index is -0.503. The van der Waals surface area contributed by atoms with Crippen LogP contribution in [0.25, 0.3) is 0 Å². The first-order chi connectivity index (χ1) is 10.2. The summed E-state index contributed by atoms with van der Waals surface area (Å²) in [6.45, 7) is 4.38. The topological polar surface area (TPSA) is 41.5 Å². The van der Waals surface area contributed by atoms with Crippen molar-refractivity contribution in [2.75, 3.05) is 26.3 Å². The van der Waals surface area contributed by atoms with Crippen molar-refractivity contribution in [3.05, 3.63) is 35.6 Å². The van der Waals surface area contributed by atoms with Gasteiger partial charge in [0.1, 0.15) is 5.82 Å². The summed E-state index contributed by atoms with van der Waals surface area (Å²) >= 11 is 0. The van der Waals surface area contributed by atoms with Gasteiger partial charge in [-0.25, -0.2) is 4.39 Å². The highest BCUT2D eigenvalue weighted by Crippen LogP contribution is 2.06. The molecule has 1 rings (SSSR count). The summed E-state index contributed by atoms with van der Waals surface area (Å²) in [5.74, 6) is -0.171. The highest BCUT2D eigenvalue weighted by molar-refractivity contribution is 5.17. The van der Waals surface area contributed by atoms with E-state index in [1.54, 1.807) is 12.1 Å². The Balaban J connectivity index is 1.98. The number of benzene rings is 1. The predicted molar refractivity (Wildman–Crippen MR) is 83.9 cm³/mol. The zero-order valence-electron chi connectivity index (χ0n) is 13.0. The lowest BCUT2D eigenvalue weighted by Crippen LogP contribution is -2.31. The van der Waals surface area contributed by atoms with E-state index in [1.807, 2.05) is 6.07 Å². The highest BCUT2D eigenvalue weighted by atomic mass is 19.1. The Morgan fingerprint density at radius 3 is 2.81 bits per heavy atom. The lowest BCUT2D eigenvalue weighted by atomic mass is 10.1. The van der Waals surface area contributed by atoms with E-state index in [0.29, 0.717) is 38.3 Å². The molecule has 0 bridgehead atoms. The standard InChI is InChI=1S/C17H28FNO2/c1-2-3-4-7-12-21-14-16(20)13-19-11-10-15-8-5-6-9-17(15)18/h5-6,8-9,16,19-20H,2-4,7,10-14H2,1H3. The third-order valence-corrected chi connectivity index (χ3v) is 3.36. The fraction of sp³-hybridized carbons (Fsp3) is 0.647. The van der Waals surface area contributed by atoms with Crippen LogP contribution >= 0.6 is 0 Å². The van der Waals surface area contributed by atoms with Crippen LogP contribution in [0.15, 0.2) is 24.3 Å². The summed E-state index contributed by atoms with van der Waals surface area (Å²) in [7, 11) is 0. The maximum atomic E-state index is 13.4. The van der Waals surface area contributed by atoms with Crippen molar-refractivity contribution in [1.82, 2.24) is 5.32 Å². The summed E-state index contributed by atoms with van der Waals surface area (Å²) in [6, 6.07) is 6.77. The van der Waals surface area contributed by atoms with Gasteiger partial charge in [0.2, 0.25) is 0 Å². The largest absolute Gasteiger partial charge is 0.389 e. The van der Waals surface area contributed by atoms with Gasteiger partial charge in [-0.2, -0.15) is 0 Å². The molecule has 1 aromatic rings. The molecule has 0 spiro atoms. The van der Waals surface area contributed by atoms with E-state index in [2.05, 4.69) is 12.2 Å². The van der Waals surface area contributed by atoms with E-state index in [-0.39, 0.29) is 5.82 Å². The van der Waals surface area contributed by atoms with Crippen LogP contribution in [0.4, 0.5) is 4.39 Å². The molecule has 3 nitrogen and oxygen atoms in total. The molecule has 1 atom stereocenters. The molecule has 0 radical (unpaired) electrons. The third kappa shape index (κ3) is 8.81. The Hall–Kier alpha value is -0.970. The first-order valence-corrected chi connectivity index (χ1v) is 7.94. The van der Waals surface area contributed by atoms with Crippen molar-refractivity contribution in [2.45, 2.75) is 45.1 Å². The average molecular weight is 297 g/mol. The van der Waals surface area contributed by atoms with Crippen molar-refractivity contribution in [3.63, 3.8) is 0 Å². The monoisotopic (exact) mass is 297 g/mol. The van der Waals surface area contributed by atoms with Crippen molar-refractivity contribution in [1.29, 1.82) is 0 Å². The zero-order valence-corrected chi connectivity index (χ0v) is 13.0. The van der Waals surface area contributed by atoms with Gasteiger partial charge < -0.3 is 15.2 Å². The minimum Gasteiger partial charge on any atom is -0.389 e. The summed E-state index contributed by atoms with van der Waals surface area (Å²) < 4.78 is 18.8. The number of rotatable bonds is 12. The molecule has 1 unspecified atom stereocenters. The van der Waals surface area contributed by atoms with Crippen LogP contribution in [-0.4, -0.2) is 37.5 Å². The van der Waals surface area contributed by atoms with Crippen LogP contribution in [0.1, 0.15) is 38.2 Å². The van der Waals surface area contributed by atoms with E-state index in [1.165, 1.54) is 25.3 Å². The summed E-state index contributed by atoms with van der Waals surface area (Å²) in [5, 5.41) is 12.9.